The van der Waals surface area contributed by atoms with Crippen LogP contribution in [-0.2, 0) is 6.54 Å². The number of rotatable bonds is 7. The van der Waals surface area contributed by atoms with E-state index in [0.29, 0.717) is 28.8 Å². The maximum Gasteiger partial charge on any atom is 0.296 e. The van der Waals surface area contributed by atoms with Crippen molar-refractivity contribution in [2.45, 2.75) is 13.5 Å². The summed E-state index contributed by atoms with van der Waals surface area (Å²) >= 11 is 7.08. The average Bonchev–Trinajstić information content (AvgIpc) is 3.25. The second-order valence-electron chi connectivity index (χ2n) is 5.50. The predicted molar refractivity (Wildman–Crippen MR) is 103 cm³/mol. The molecule has 0 aliphatic carbocycles. The maximum atomic E-state index is 12.5. The Morgan fingerprint density at radius 2 is 2.26 bits per heavy atom. The molecule has 0 saturated heterocycles. The lowest BCUT2D eigenvalue weighted by molar-refractivity contribution is -0.384. The van der Waals surface area contributed by atoms with Crippen molar-refractivity contribution in [2.24, 2.45) is 0 Å². The smallest absolute Gasteiger partial charge is 0.296 e. The summed E-state index contributed by atoms with van der Waals surface area (Å²) in [7, 11) is 0. The number of nitro benzene ring substituents is 1. The van der Waals surface area contributed by atoms with Gasteiger partial charge in [-0.3, -0.25) is 19.6 Å². The minimum atomic E-state index is -0.556. The first-order valence-corrected chi connectivity index (χ1v) is 9.20. The number of carbonyl (C=O) groups is 1. The molecule has 0 atom stereocenters. The van der Waals surface area contributed by atoms with Crippen LogP contribution < -0.4 is 10.1 Å². The fourth-order valence-electron chi connectivity index (χ4n) is 2.40. The molecule has 2 aromatic heterocycles. The second-order valence-corrected chi connectivity index (χ2v) is 6.85. The van der Waals surface area contributed by atoms with Crippen molar-refractivity contribution in [1.29, 1.82) is 0 Å². The fourth-order valence-corrected chi connectivity index (χ4v) is 3.35. The van der Waals surface area contributed by atoms with E-state index in [4.69, 9.17) is 16.3 Å². The first kappa shape index (κ1) is 18.9. The SMILES string of the molecule is CCOc1ccc(NC(=O)c2cc(Cn3cc(Cl)cn3)cs2)c([N+](=O)[O-])c1. The van der Waals surface area contributed by atoms with E-state index in [1.807, 2.05) is 5.38 Å². The van der Waals surface area contributed by atoms with Crippen molar-refractivity contribution < 1.29 is 14.5 Å². The minimum Gasteiger partial charge on any atom is -0.494 e. The Morgan fingerprint density at radius 3 is 2.93 bits per heavy atom. The number of halogens is 1. The predicted octanol–water partition coefficient (Wildman–Crippen LogP) is 4.21. The molecule has 0 fully saturated rings. The van der Waals surface area contributed by atoms with Crippen molar-refractivity contribution in [2.75, 3.05) is 11.9 Å². The molecule has 0 radical (unpaired) electrons. The molecule has 27 heavy (non-hydrogen) atoms. The summed E-state index contributed by atoms with van der Waals surface area (Å²) in [6.45, 7) is 2.65. The fraction of sp³-hybridized carbons (Fsp3) is 0.176. The summed E-state index contributed by atoms with van der Waals surface area (Å²) in [5.74, 6) is -0.0458. The van der Waals surface area contributed by atoms with E-state index in [1.54, 1.807) is 29.9 Å². The molecule has 2 heterocycles. The number of hydrogen-bond donors (Lipinski definition) is 1. The molecule has 3 aromatic rings. The first-order valence-electron chi connectivity index (χ1n) is 7.94. The standard InChI is InChI=1S/C17H15ClN4O4S/c1-2-26-13-3-4-14(15(6-13)22(24)25)20-17(23)16-5-11(10-27-16)8-21-9-12(18)7-19-21/h3-7,9-10H,2,8H2,1H3,(H,20,23). The number of nitrogens with one attached hydrogen (secondary N) is 1. The van der Waals surface area contributed by atoms with Crippen LogP contribution in [0, 0.1) is 10.1 Å². The van der Waals surface area contributed by atoms with Gasteiger partial charge in [0.25, 0.3) is 11.6 Å². The molecule has 3 rings (SSSR count). The van der Waals surface area contributed by atoms with E-state index < -0.39 is 10.8 Å². The second kappa shape index (κ2) is 8.19. The third kappa shape index (κ3) is 4.63. The van der Waals surface area contributed by atoms with Crippen molar-refractivity contribution in [1.82, 2.24) is 9.78 Å². The summed E-state index contributed by atoms with van der Waals surface area (Å²) in [6, 6.07) is 6.05. The molecule has 1 amide bonds. The lowest BCUT2D eigenvalue weighted by Crippen LogP contribution is -2.12. The van der Waals surface area contributed by atoms with E-state index in [-0.39, 0.29) is 11.4 Å². The van der Waals surface area contributed by atoms with Crippen molar-refractivity contribution in [3.63, 3.8) is 0 Å². The normalized spacial score (nSPS) is 10.6. The topological polar surface area (TPSA) is 99.3 Å². The van der Waals surface area contributed by atoms with Crippen LogP contribution in [0.15, 0.2) is 42.0 Å². The van der Waals surface area contributed by atoms with Gasteiger partial charge in [0.2, 0.25) is 0 Å². The highest BCUT2D eigenvalue weighted by atomic mass is 35.5. The van der Waals surface area contributed by atoms with Gasteiger partial charge in [-0.05, 0) is 36.1 Å². The number of benzene rings is 1. The van der Waals surface area contributed by atoms with Crippen LogP contribution in [0.4, 0.5) is 11.4 Å². The van der Waals surface area contributed by atoms with Gasteiger partial charge in [0.05, 0.1) is 40.2 Å². The van der Waals surface area contributed by atoms with Crippen LogP contribution in [0.1, 0.15) is 22.2 Å². The molecule has 0 saturated carbocycles. The van der Waals surface area contributed by atoms with Crippen LogP contribution in [-0.4, -0.2) is 27.2 Å². The van der Waals surface area contributed by atoms with Crippen molar-refractivity contribution >= 4 is 40.2 Å². The number of thiophene rings is 1. The van der Waals surface area contributed by atoms with Crippen LogP contribution in [0.3, 0.4) is 0 Å². The Balaban J connectivity index is 1.74. The molecular weight excluding hydrogens is 392 g/mol. The number of carbonyl (C=O) groups excluding carboxylic acids is 1. The molecule has 0 aliphatic heterocycles. The van der Waals surface area contributed by atoms with E-state index in [1.165, 1.54) is 29.7 Å². The van der Waals surface area contributed by atoms with Gasteiger partial charge in [-0.15, -0.1) is 11.3 Å². The van der Waals surface area contributed by atoms with E-state index in [0.717, 1.165) is 5.56 Å². The Hall–Kier alpha value is -2.91. The Bertz CT molecular complexity index is 985. The van der Waals surface area contributed by atoms with Crippen LogP contribution in [0.2, 0.25) is 5.02 Å². The number of ether oxygens (including phenoxy) is 1. The summed E-state index contributed by atoms with van der Waals surface area (Å²) in [5.41, 5.74) is 0.769. The maximum absolute atomic E-state index is 12.5. The summed E-state index contributed by atoms with van der Waals surface area (Å²) in [6.07, 6.45) is 3.22. The van der Waals surface area contributed by atoms with Crippen LogP contribution in [0.25, 0.3) is 0 Å². The van der Waals surface area contributed by atoms with Gasteiger partial charge < -0.3 is 10.1 Å². The van der Waals surface area contributed by atoms with Crippen molar-refractivity contribution in [3.8, 4) is 5.75 Å². The van der Waals surface area contributed by atoms with Crippen molar-refractivity contribution in [3.05, 3.63) is 67.6 Å². The highest BCUT2D eigenvalue weighted by Crippen LogP contribution is 2.30. The van der Waals surface area contributed by atoms with Gasteiger partial charge in [0.15, 0.2) is 0 Å². The molecule has 1 N–H and O–H groups in total. The molecule has 0 spiro atoms. The van der Waals surface area contributed by atoms with Crippen LogP contribution >= 0.6 is 22.9 Å². The number of hydrogen-bond acceptors (Lipinski definition) is 6. The molecule has 0 bridgehead atoms. The summed E-state index contributed by atoms with van der Waals surface area (Å²) < 4.78 is 6.93. The Labute approximate surface area is 163 Å². The van der Waals surface area contributed by atoms with Gasteiger partial charge >= 0.3 is 0 Å². The molecule has 140 valence electrons. The molecule has 10 heteroatoms. The molecule has 0 unspecified atom stereocenters. The highest BCUT2D eigenvalue weighted by molar-refractivity contribution is 7.12. The first-order chi connectivity index (χ1) is 13.0. The molecule has 8 nitrogen and oxygen atoms in total. The van der Waals surface area contributed by atoms with Gasteiger partial charge in [-0.1, -0.05) is 11.6 Å². The lowest BCUT2D eigenvalue weighted by Gasteiger charge is -2.07. The lowest BCUT2D eigenvalue weighted by atomic mass is 10.2. The third-order valence-corrected chi connectivity index (χ3v) is 4.72. The number of nitro groups is 1. The van der Waals surface area contributed by atoms with Gasteiger partial charge in [-0.2, -0.15) is 5.10 Å². The molecular formula is C17H15ClN4O4S. The number of aromatic nitrogens is 2. The average molecular weight is 407 g/mol. The zero-order valence-corrected chi connectivity index (χ0v) is 15.8. The highest BCUT2D eigenvalue weighted by Gasteiger charge is 2.19. The minimum absolute atomic E-state index is 0.113. The quantitative estimate of drug-likeness (QED) is 0.468. The van der Waals surface area contributed by atoms with Gasteiger partial charge in [-0.25, -0.2) is 0 Å². The van der Waals surface area contributed by atoms with E-state index in [2.05, 4.69) is 10.4 Å². The largest absolute Gasteiger partial charge is 0.494 e. The monoisotopic (exact) mass is 406 g/mol. The van der Waals surface area contributed by atoms with E-state index >= 15 is 0 Å². The number of nitrogens with zero attached hydrogens (tertiary/aromatic N) is 3. The summed E-state index contributed by atoms with van der Waals surface area (Å²) in [4.78, 5) is 23.6. The zero-order valence-electron chi connectivity index (χ0n) is 14.2. The Kier molecular flexibility index (Phi) is 5.72. The van der Waals surface area contributed by atoms with E-state index in [9.17, 15) is 14.9 Å². The summed E-state index contributed by atoms with van der Waals surface area (Å²) in [5, 5.41) is 20.3. The molecule has 1 aromatic carbocycles. The van der Waals surface area contributed by atoms with Crippen LogP contribution in [0.5, 0.6) is 5.75 Å². The number of anilines is 1. The Morgan fingerprint density at radius 1 is 1.44 bits per heavy atom. The molecule has 0 aliphatic rings. The third-order valence-electron chi connectivity index (χ3n) is 3.55. The number of amides is 1. The van der Waals surface area contributed by atoms with Gasteiger partial charge in [0, 0.05) is 6.20 Å². The zero-order chi connectivity index (χ0) is 19.4. The van der Waals surface area contributed by atoms with Gasteiger partial charge in [0.1, 0.15) is 11.4 Å².